The number of methoxy groups -OCH3 is 1. The van der Waals surface area contributed by atoms with Crippen LogP contribution in [-0.4, -0.2) is 63.4 Å². The van der Waals surface area contributed by atoms with Crippen LogP contribution in [0.4, 0.5) is 5.69 Å². The zero-order valence-electron chi connectivity index (χ0n) is 12.8. The minimum absolute atomic E-state index is 0.0000456. The van der Waals surface area contributed by atoms with Crippen molar-refractivity contribution in [3.63, 3.8) is 0 Å². The van der Waals surface area contributed by atoms with Crippen molar-refractivity contribution < 1.29 is 14.3 Å². The molecule has 3 heterocycles. The van der Waals surface area contributed by atoms with Crippen molar-refractivity contribution in [3.05, 3.63) is 30.2 Å². The largest absolute Gasteiger partial charge is 0.481 e. The first kappa shape index (κ1) is 14.9. The van der Waals surface area contributed by atoms with Gasteiger partial charge in [-0.2, -0.15) is 0 Å². The molecule has 0 radical (unpaired) electrons. The summed E-state index contributed by atoms with van der Waals surface area (Å²) in [5.41, 5.74) is 0.938. The Bertz CT molecular complexity index is 744. The molecule has 9 nitrogen and oxygen atoms in total. The maximum absolute atomic E-state index is 12.4. The zero-order valence-corrected chi connectivity index (χ0v) is 12.8. The summed E-state index contributed by atoms with van der Waals surface area (Å²) >= 11 is 0. The lowest BCUT2D eigenvalue weighted by molar-refractivity contribution is -0.120. The van der Waals surface area contributed by atoms with Crippen LogP contribution in [0.5, 0.6) is 5.88 Å². The minimum atomic E-state index is -0.293. The van der Waals surface area contributed by atoms with Crippen LogP contribution in [0.15, 0.2) is 24.5 Å². The molecule has 1 saturated heterocycles. The first-order chi connectivity index (χ1) is 11.1. The molecular formula is C14H16N6O3. The van der Waals surface area contributed by atoms with Crippen LogP contribution in [0.25, 0.3) is 0 Å². The van der Waals surface area contributed by atoms with Crippen molar-refractivity contribution in [1.82, 2.24) is 24.9 Å². The molecule has 0 aromatic carbocycles. The Morgan fingerprint density at radius 1 is 1.35 bits per heavy atom. The number of aryl methyl sites for hydroxylation is 1. The molecule has 0 saturated carbocycles. The van der Waals surface area contributed by atoms with Gasteiger partial charge in [0, 0.05) is 32.4 Å². The second kappa shape index (κ2) is 6.03. The highest BCUT2D eigenvalue weighted by Crippen LogP contribution is 2.21. The molecule has 0 N–H and O–H groups in total. The van der Waals surface area contributed by atoms with Gasteiger partial charge >= 0.3 is 0 Å². The SMILES string of the molecule is COc1cc(N2CCN(C(=O)c3cn(C)nn3)CC2=O)ccn1. The van der Waals surface area contributed by atoms with E-state index in [0.29, 0.717) is 24.7 Å². The molecule has 2 aromatic heterocycles. The monoisotopic (exact) mass is 316 g/mol. The first-order valence-corrected chi connectivity index (χ1v) is 7.04. The molecule has 3 rings (SSSR count). The Labute approximate surface area is 132 Å². The third kappa shape index (κ3) is 2.98. The van der Waals surface area contributed by atoms with Crippen molar-refractivity contribution in [3.8, 4) is 5.88 Å². The Hall–Kier alpha value is -2.97. The van der Waals surface area contributed by atoms with Gasteiger partial charge in [-0.05, 0) is 6.07 Å². The van der Waals surface area contributed by atoms with Crippen molar-refractivity contribution >= 4 is 17.5 Å². The number of carbonyl (C=O) groups is 2. The molecule has 0 bridgehead atoms. The standard InChI is InChI=1S/C14H16N6O3/c1-18-8-11(16-17-18)14(22)19-5-6-20(13(21)9-19)10-3-4-15-12(7-10)23-2/h3-4,7-8H,5-6,9H2,1-2H3. The summed E-state index contributed by atoms with van der Waals surface area (Å²) in [4.78, 5) is 31.8. The number of ether oxygens (including phenoxy) is 1. The third-order valence-electron chi connectivity index (χ3n) is 3.57. The van der Waals surface area contributed by atoms with Crippen LogP contribution in [0.2, 0.25) is 0 Å². The van der Waals surface area contributed by atoms with Gasteiger partial charge in [0.05, 0.1) is 19.0 Å². The van der Waals surface area contributed by atoms with Crippen molar-refractivity contribution in [1.29, 1.82) is 0 Å². The lowest BCUT2D eigenvalue weighted by atomic mass is 10.2. The maximum Gasteiger partial charge on any atom is 0.276 e. The molecule has 9 heteroatoms. The lowest BCUT2D eigenvalue weighted by Crippen LogP contribution is -2.52. The van der Waals surface area contributed by atoms with E-state index >= 15 is 0 Å². The predicted molar refractivity (Wildman–Crippen MR) is 80.0 cm³/mol. The van der Waals surface area contributed by atoms with Crippen LogP contribution in [-0.2, 0) is 11.8 Å². The number of aromatic nitrogens is 4. The second-order valence-corrected chi connectivity index (χ2v) is 5.11. The molecular weight excluding hydrogens is 300 g/mol. The topological polar surface area (TPSA) is 93.5 Å². The van der Waals surface area contributed by atoms with Gasteiger partial charge in [-0.3, -0.25) is 14.3 Å². The van der Waals surface area contributed by atoms with E-state index in [4.69, 9.17) is 4.74 Å². The third-order valence-corrected chi connectivity index (χ3v) is 3.57. The summed E-state index contributed by atoms with van der Waals surface area (Å²) in [5, 5.41) is 7.52. The van der Waals surface area contributed by atoms with Gasteiger partial charge in [0.25, 0.3) is 5.91 Å². The maximum atomic E-state index is 12.4. The Kier molecular flexibility index (Phi) is 3.92. The average Bonchev–Trinajstić information content (AvgIpc) is 3.00. The van der Waals surface area contributed by atoms with E-state index in [9.17, 15) is 9.59 Å². The van der Waals surface area contributed by atoms with E-state index < -0.39 is 0 Å². The second-order valence-electron chi connectivity index (χ2n) is 5.11. The number of anilines is 1. The number of piperazine rings is 1. The van der Waals surface area contributed by atoms with Gasteiger partial charge in [0.1, 0.15) is 6.54 Å². The minimum Gasteiger partial charge on any atom is -0.481 e. The van der Waals surface area contributed by atoms with Gasteiger partial charge in [-0.1, -0.05) is 5.21 Å². The highest BCUT2D eigenvalue weighted by atomic mass is 16.5. The number of nitrogens with zero attached hydrogens (tertiary/aromatic N) is 6. The number of pyridine rings is 1. The molecule has 120 valence electrons. The summed E-state index contributed by atoms with van der Waals surface area (Å²) < 4.78 is 6.52. The van der Waals surface area contributed by atoms with E-state index in [1.807, 2.05) is 0 Å². The van der Waals surface area contributed by atoms with Crippen LogP contribution in [0.3, 0.4) is 0 Å². The highest BCUT2D eigenvalue weighted by molar-refractivity contribution is 6.00. The Balaban J connectivity index is 1.72. The number of rotatable bonds is 3. The quantitative estimate of drug-likeness (QED) is 0.772. The Morgan fingerprint density at radius 3 is 2.83 bits per heavy atom. The number of hydrogen-bond acceptors (Lipinski definition) is 6. The van der Waals surface area contributed by atoms with Crippen LogP contribution in [0.1, 0.15) is 10.5 Å². The van der Waals surface area contributed by atoms with E-state index in [0.717, 1.165) is 0 Å². The molecule has 0 unspecified atom stereocenters. The normalized spacial score (nSPS) is 15.0. The average molecular weight is 316 g/mol. The number of amides is 2. The molecule has 1 aliphatic rings. The molecule has 0 aliphatic carbocycles. The number of carbonyl (C=O) groups excluding carboxylic acids is 2. The highest BCUT2D eigenvalue weighted by Gasteiger charge is 2.29. The summed E-state index contributed by atoms with van der Waals surface area (Å²) in [6.07, 6.45) is 3.12. The van der Waals surface area contributed by atoms with Crippen LogP contribution >= 0.6 is 0 Å². The smallest absolute Gasteiger partial charge is 0.276 e. The molecule has 0 spiro atoms. The Morgan fingerprint density at radius 2 is 2.17 bits per heavy atom. The zero-order chi connectivity index (χ0) is 16.4. The summed E-state index contributed by atoms with van der Waals surface area (Å²) in [5.74, 6) is -0.0199. The van der Waals surface area contributed by atoms with E-state index in [-0.39, 0.29) is 24.1 Å². The fraction of sp³-hybridized carbons (Fsp3) is 0.357. The van der Waals surface area contributed by atoms with Gasteiger partial charge < -0.3 is 14.5 Å². The van der Waals surface area contributed by atoms with E-state index in [2.05, 4.69) is 15.3 Å². The molecule has 1 aliphatic heterocycles. The van der Waals surface area contributed by atoms with Crippen molar-refractivity contribution in [2.45, 2.75) is 0 Å². The summed E-state index contributed by atoms with van der Waals surface area (Å²) in [7, 11) is 3.20. The molecule has 2 amide bonds. The van der Waals surface area contributed by atoms with Gasteiger partial charge in [-0.15, -0.1) is 5.10 Å². The van der Waals surface area contributed by atoms with Gasteiger partial charge in [0.15, 0.2) is 5.69 Å². The summed E-state index contributed by atoms with van der Waals surface area (Å²) in [6.45, 7) is 0.823. The van der Waals surface area contributed by atoms with Gasteiger partial charge in [-0.25, -0.2) is 4.98 Å². The fourth-order valence-electron chi connectivity index (χ4n) is 2.41. The van der Waals surface area contributed by atoms with Crippen molar-refractivity contribution in [2.75, 3.05) is 31.6 Å². The van der Waals surface area contributed by atoms with Crippen LogP contribution < -0.4 is 9.64 Å². The van der Waals surface area contributed by atoms with E-state index in [1.54, 1.807) is 30.3 Å². The van der Waals surface area contributed by atoms with Gasteiger partial charge in [0.2, 0.25) is 11.8 Å². The first-order valence-electron chi connectivity index (χ1n) is 7.04. The van der Waals surface area contributed by atoms with Crippen molar-refractivity contribution in [2.24, 2.45) is 7.05 Å². The fourth-order valence-corrected chi connectivity index (χ4v) is 2.41. The number of hydrogen-bond donors (Lipinski definition) is 0. The molecule has 2 aromatic rings. The van der Waals surface area contributed by atoms with Crippen LogP contribution in [0, 0.1) is 0 Å². The molecule has 23 heavy (non-hydrogen) atoms. The predicted octanol–water partition coefficient (Wildman–Crippen LogP) is -0.292. The lowest BCUT2D eigenvalue weighted by Gasteiger charge is -2.33. The molecule has 1 fully saturated rings. The molecule has 0 atom stereocenters. The summed E-state index contributed by atoms with van der Waals surface area (Å²) in [6, 6.07) is 3.43. The van der Waals surface area contributed by atoms with E-state index in [1.165, 1.54) is 22.9 Å².